The maximum atomic E-state index is 12.3. The van der Waals surface area contributed by atoms with Gasteiger partial charge in [-0.05, 0) is 36.9 Å². The van der Waals surface area contributed by atoms with E-state index in [1.165, 1.54) is 4.90 Å². The second-order valence-electron chi connectivity index (χ2n) is 6.01. The molecule has 0 aliphatic rings. The fraction of sp³-hybridized carbons (Fsp3) is 0.333. The smallest absolute Gasteiger partial charge is 0.239 e. The first-order chi connectivity index (χ1) is 12.3. The highest BCUT2D eigenvalue weighted by molar-refractivity contribution is 6.35. The summed E-state index contributed by atoms with van der Waals surface area (Å²) >= 11 is 12.0. The molecule has 1 heterocycles. The summed E-state index contributed by atoms with van der Waals surface area (Å²) in [7, 11) is 3.41. The number of carbonyl (C=O) groups is 2. The summed E-state index contributed by atoms with van der Waals surface area (Å²) in [6, 6.07) is 8.78. The summed E-state index contributed by atoms with van der Waals surface area (Å²) < 4.78 is 5.14. The van der Waals surface area contributed by atoms with Gasteiger partial charge >= 0.3 is 0 Å². The molecule has 0 fully saturated rings. The molecule has 0 bridgehead atoms. The molecule has 1 aromatic heterocycles. The second-order valence-corrected chi connectivity index (χ2v) is 6.86. The standard InChI is InChI=1S/C18H21Cl2N3O3/c1-22(10-13-5-6-14(19)8-16(13)20)12-18(25)23(2)11-17(24)21-9-15-4-3-7-26-15/h3-8H,9-12H2,1-2H3,(H,21,24). The van der Waals surface area contributed by atoms with E-state index in [-0.39, 0.29) is 24.9 Å². The summed E-state index contributed by atoms with van der Waals surface area (Å²) in [4.78, 5) is 27.4. The molecule has 2 rings (SSSR count). The number of benzene rings is 1. The van der Waals surface area contributed by atoms with Crippen molar-refractivity contribution in [2.45, 2.75) is 13.1 Å². The molecule has 1 aromatic carbocycles. The average molecular weight is 398 g/mol. The van der Waals surface area contributed by atoms with Crippen LogP contribution in [-0.4, -0.2) is 48.8 Å². The van der Waals surface area contributed by atoms with E-state index in [0.717, 1.165) is 5.56 Å². The molecule has 1 N–H and O–H groups in total. The van der Waals surface area contributed by atoms with Crippen LogP contribution in [0.1, 0.15) is 11.3 Å². The zero-order valence-electron chi connectivity index (χ0n) is 14.7. The Labute approximate surface area is 162 Å². The summed E-state index contributed by atoms with van der Waals surface area (Å²) in [6.45, 7) is 0.944. The van der Waals surface area contributed by atoms with Crippen molar-refractivity contribution in [3.63, 3.8) is 0 Å². The van der Waals surface area contributed by atoms with Crippen molar-refractivity contribution >= 4 is 35.0 Å². The maximum absolute atomic E-state index is 12.3. The number of amides is 2. The molecule has 140 valence electrons. The van der Waals surface area contributed by atoms with Crippen LogP contribution >= 0.6 is 23.2 Å². The highest BCUT2D eigenvalue weighted by Gasteiger charge is 2.16. The van der Waals surface area contributed by atoms with Gasteiger partial charge in [-0.1, -0.05) is 29.3 Å². The van der Waals surface area contributed by atoms with E-state index < -0.39 is 0 Å². The fourth-order valence-corrected chi connectivity index (χ4v) is 2.77. The lowest BCUT2D eigenvalue weighted by atomic mass is 10.2. The minimum absolute atomic E-state index is 0.0188. The lowest BCUT2D eigenvalue weighted by Crippen LogP contribution is -2.42. The topological polar surface area (TPSA) is 65.8 Å². The number of nitrogens with one attached hydrogen (secondary N) is 1. The predicted molar refractivity (Wildman–Crippen MR) is 101 cm³/mol. The normalized spacial score (nSPS) is 10.8. The molecule has 0 aliphatic carbocycles. The van der Waals surface area contributed by atoms with Gasteiger partial charge in [0.15, 0.2) is 0 Å². The summed E-state index contributed by atoms with van der Waals surface area (Å²) in [5.41, 5.74) is 0.880. The molecule has 0 saturated carbocycles. The molecule has 6 nitrogen and oxygen atoms in total. The van der Waals surface area contributed by atoms with Crippen LogP contribution in [0, 0.1) is 0 Å². The van der Waals surface area contributed by atoms with E-state index >= 15 is 0 Å². The van der Waals surface area contributed by atoms with Crippen LogP contribution < -0.4 is 5.32 Å². The van der Waals surface area contributed by atoms with Gasteiger partial charge in [0.25, 0.3) is 0 Å². The highest BCUT2D eigenvalue weighted by Crippen LogP contribution is 2.21. The van der Waals surface area contributed by atoms with Crippen LogP contribution in [0.2, 0.25) is 10.0 Å². The highest BCUT2D eigenvalue weighted by atomic mass is 35.5. The number of hydrogen-bond acceptors (Lipinski definition) is 4. The number of likely N-dealkylation sites (N-methyl/N-ethyl adjacent to an activating group) is 2. The Bertz CT molecular complexity index is 750. The maximum Gasteiger partial charge on any atom is 0.239 e. The van der Waals surface area contributed by atoms with E-state index in [1.807, 2.05) is 18.0 Å². The molecular formula is C18H21Cl2N3O3. The van der Waals surface area contributed by atoms with Crippen LogP contribution in [0.25, 0.3) is 0 Å². The molecule has 0 saturated heterocycles. The Hall–Kier alpha value is -2.02. The summed E-state index contributed by atoms with van der Waals surface area (Å²) in [5.74, 6) is 0.248. The van der Waals surface area contributed by atoms with Gasteiger partial charge in [-0.2, -0.15) is 0 Å². The Morgan fingerprint density at radius 1 is 1.15 bits per heavy atom. The lowest BCUT2D eigenvalue weighted by molar-refractivity contribution is -0.135. The Balaban J connectivity index is 1.77. The molecule has 26 heavy (non-hydrogen) atoms. The van der Waals surface area contributed by atoms with Crippen LogP contribution in [0.3, 0.4) is 0 Å². The van der Waals surface area contributed by atoms with Gasteiger partial charge in [0, 0.05) is 23.6 Å². The van der Waals surface area contributed by atoms with Crippen molar-refractivity contribution in [1.82, 2.24) is 15.1 Å². The molecule has 0 atom stereocenters. The quantitative estimate of drug-likeness (QED) is 0.743. The zero-order valence-corrected chi connectivity index (χ0v) is 16.2. The van der Waals surface area contributed by atoms with E-state index in [9.17, 15) is 9.59 Å². The van der Waals surface area contributed by atoms with Crippen LogP contribution in [0.5, 0.6) is 0 Å². The SMILES string of the molecule is CN(CC(=O)N(C)CC(=O)NCc1ccco1)Cc1ccc(Cl)cc1Cl. The fourth-order valence-electron chi connectivity index (χ4n) is 2.31. The minimum atomic E-state index is -0.249. The third-order valence-corrected chi connectivity index (χ3v) is 4.29. The lowest BCUT2D eigenvalue weighted by Gasteiger charge is -2.22. The van der Waals surface area contributed by atoms with E-state index in [4.69, 9.17) is 27.6 Å². The van der Waals surface area contributed by atoms with Crippen molar-refractivity contribution in [3.05, 3.63) is 58.0 Å². The average Bonchev–Trinajstić information content (AvgIpc) is 3.09. The van der Waals surface area contributed by atoms with Gasteiger partial charge in [-0.25, -0.2) is 0 Å². The molecule has 0 unspecified atom stereocenters. The zero-order chi connectivity index (χ0) is 19.1. The predicted octanol–water partition coefficient (Wildman–Crippen LogP) is 2.79. The van der Waals surface area contributed by atoms with E-state index in [2.05, 4.69) is 5.32 Å². The number of furan rings is 1. The van der Waals surface area contributed by atoms with E-state index in [0.29, 0.717) is 28.9 Å². The van der Waals surface area contributed by atoms with Gasteiger partial charge in [0.2, 0.25) is 11.8 Å². The Morgan fingerprint density at radius 2 is 1.92 bits per heavy atom. The van der Waals surface area contributed by atoms with Crippen molar-refractivity contribution in [1.29, 1.82) is 0 Å². The van der Waals surface area contributed by atoms with Crippen molar-refractivity contribution < 1.29 is 14.0 Å². The number of halogens is 2. The van der Waals surface area contributed by atoms with Crippen molar-refractivity contribution in [3.8, 4) is 0 Å². The first-order valence-corrected chi connectivity index (χ1v) is 8.76. The van der Waals surface area contributed by atoms with E-state index in [1.54, 1.807) is 37.6 Å². The van der Waals surface area contributed by atoms with Crippen molar-refractivity contribution in [2.75, 3.05) is 27.2 Å². The Morgan fingerprint density at radius 3 is 2.58 bits per heavy atom. The third-order valence-electron chi connectivity index (χ3n) is 3.71. The second kappa shape index (κ2) is 9.62. The monoisotopic (exact) mass is 397 g/mol. The Kier molecular flexibility index (Phi) is 7.50. The minimum Gasteiger partial charge on any atom is -0.467 e. The first kappa shape index (κ1) is 20.3. The largest absolute Gasteiger partial charge is 0.467 e. The van der Waals surface area contributed by atoms with Gasteiger partial charge < -0.3 is 14.6 Å². The molecular weight excluding hydrogens is 377 g/mol. The summed E-state index contributed by atoms with van der Waals surface area (Å²) in [6.07, 6.45) is 1.54. The van der Waals surface area contributed by atoms with Gasteiger partial charge in [-0.15, -0.1) is 0 Å². The van der Waals surface area contributed by atoms with Gasteiger partial charge in [0.1, 0.15) is 5.76 Å². The van der Waals surface area contributed by atoms with Crippen LogP contribution in [0.15, 0.2) is 41.0 Å². The molecule has 2 aromatic rings. The van der Waals surface area contributed by atoms with Crippen molar-refractivity contribution in [2.24, 2.45) is 0 Å². The number of carbonyl (C=O) groups excluding carboxylic acids is 2. The van der Waals surface area contributed by atoms with Gasteiger partial charge in [-0.3, -0.25) is 14.5 Å². The molecule has 2 amide bonds. The third kappa shape index (κ3) is 6.37. The van der Waals surface area contributed by atoms with Gasteiger partial charge in [0.05, 0.1) is 25.9 Å². The summed E-state index contributed by atoms with van der Waals surface area (Å²) in [5, 5.41) is 3.83. The molecule has 0 aliphatic heterocycles. The number of hydrogen-bond donors (Lipinski definition) is 1. The van der Waals surface area contributed by atoms with Crippen LogP contribution in [-0.2, 0) is 22.7 Å². The molecule has 0 radical (unpaired) electrons. The molecule has 0 spiro atoms. The number of rotatable bonds is 8. The molecule has 8 heteroatoms. The number of nitrogens with zero attached hydrogens (tertiary/aromatic N) is 2. The van der Waals surface area contributed by atoms with Crippen LogP contribution in [0.4, 0.5) is 0 Å². The first-order valence-electron chi connectivity index (χ1n) is 8.00.